The first-order valence-electron chi connectivity index (χ1n) is 11.1. The predicted octanol–water partition coefficient (Wildman–Crippen LogP) is 3.56. The Morgan fingerprint density at radius 1 is 1.20 bits per heavy atom. The van der Waals surface area contributed by atoms with Crippen molar-refractivity contribution in [1.82, 2.24) is 4.90 Å². The quantitative estimate of drug-likeness (QED) is 0.692. The average molecular weight is 489 g/mol. The molecule has 1 amide bonds. The Bertz CT molecular complexity index is 1160. The number of carbonyl (C=O) groups is 1. The molecule has 2 saturated heterocycles. The Hall–Kier alpha value is -3.45. The van der Waals surface area contributed by atoms with E-state index < -0.39 is 22.7 Å². The topological polar surface area (TPSA) is 86.0 Å². The van der Waals surface area contributed by atoms with Crippen molar-refractivity contribution in [3.8, 4) is 17.6 Å². The van der Waals surface area contributed by atoms with Crippen LogP contribution in [0.15, 0.2) is 36.4 Å². The lowest BCUT2D eigenvalue weighted by Gasteiger charge is -2.42. The van der Waals surface area contributed by atoms with Gasteiger partial charge in [0.1, 0.15) is 11.5 Å². The van der Waals surface area contributed by atoms with Gasteiger partial charge < -0.3 is 24.4 Å². The zero-order valence-electron chi connectivity index (χ0n) is 19.4. The lowest BCUT2D eigenvalue weighted by atomic mass is 9.73. The molecule has 1 N–H and O–H groups in total. The van der Waals surface area contributed by atoms with E-state index in [4.69, 9.17) is 14.7 Å². The number of methoxy groups -OCH3 is 2. The Morgan fingerprint density at radius 3 is 2.60 bits per heavy atom. The number of rotatable bonds is 5. The molecule has 0 spiro atoms. The van der Waals surface area contributed by atoms with Crippen molar-refractivity contribution in [2.24, 2.45) is 11.3 Å². The van der Waals surface area contributed by atoms with Crippen molar-refractivity contribution in [2.75, 3.05) is 51.9 Å². The highest BCUT2D eigenvalue weighted by atomic mass is 19.4. The van der Waals surface area contributed by atoms with Crippen LogP contribution in [0.1, 0.15) is 27.9 Å². The van der Waals surface area contributed by atoms with Crippen LogP contribution in [0, 0.1) is 22.7 Å². The van der Waals surface area contributed by atoms with Gasteiger partial charge in [-0.25, -0.2) is 0 Å². The molecule has 35 heavy (non-hydrogen) atoms. The lowest BCUT2D eigenvalue weighted by molar-refractivity contribution is -0.137. The van der Waals surface area contributed by atoms with Gasteiger partial charge in [0.2, 0.25) is 0 Å². The standard InChI is InChI=1S/C25H26F3N3O4/c1-34-19-5-6-20(22(10-19)35-2)23(33)30-8-7-24(15-32)14-31(13-17(24)12-30)18-4-3-16(11-29)21(9-18)25(26,27)28/h3-6,9-10,17,32H,7-8,12-15H2,1-2H3/t17-,24+/m1/s1. The predicted molar refractivity (Wildman–Crippen MR) is 121 cm³/mol. The van der Waals surface area contributed by atoms with Crippen molar-refractivity contribution in [3.05, 3.63) is 53.1 Å². The number of alkyl halides is 3. The summed E-state index contributed by atoms with van der Waals surface area (Å²) in [6, 6.07) is 10.2. The summed E-state index contributed by atoms with van der Waals surface area (Å²) in [6.45, 7) is 1.37. The number of hydrogen-bond acceptors (Lipinski definition) is 6. The van der Waals surface area contributed by atoms with Crippen LogP contribution < -0.4 is 14.4 Å². The van der Waals surface area contributed by atoms with E-state index in [1.165, 1.54) is 26.4 Å². The minimum absolute atomic E-state index is 0.134. The Labute approximate surface area is 201 Å². The van der Waals surface area contributed by atoms with Crippen molar-refractivity contribution < 1.29 is 32.5 Å². The molecule has 0 unspecified atom stereocenters. The van der Waals surface area contributed by atoms with Gasteiger partial charge in [-0.1, -0.05) is 0 Å². The molecular formula is C25H26F3N3O4. The van der Waals surface area contributed by atoms with Crippen molar-refractivity contribution in [3.63, 3.8) is 0 Å². The van der Waals surface area contributed by atoms with E-state index in [0.29, 0.717) is 55.3 Å². The summed E-state index contributed by atoms with van der Waals surface area (Å²) >= 11 is 0. The van der Waals surface area contributed by atoms with Crippen molar-refractivity contribution >= 4 is 11.6 Å². The average Bonchev–Trinajstić information content (AvgIpc) is 3.26. The second-order valence-corrected chi connectivity index (χ2v) is 9.00. The molecule has 2 atom stereocenters. The highest BCUT2D eigenvalue weighted by Gasteiger charge is 2.50. The number of nitriles is 1. The highest BCUT2D eigenvalue weighted by Crippen LogP contribution is 2.45. The fourth-order valence-electron chi connectivity index (χ4n) is 5.13. The minimum atomic E-state index is -4.65. The summed E-state index contributed by atoms with van der Waals surface area (Å²) in [7, 11) is 2.99. The van der Waals surface area contributed by atoms with Crippen LogP contribution in [0.4, 0.5) is 18.9 Å². The molecule has 0 aliphatic carbocycles. The van der Waals surface area contributed by atoms with E-state index >= 15 is 0 Å². The third-order valence-electron chi connectivity index (χ3n) is 7.17. The molecule has 2 aromatic carbocycles. The molecule has 186 valence electrons. The fourth-order valence-corrected chi connectivity index (χ4v) is 5.13. The number of likely N-dealkylation sites (tertiary alicyclic amines) is 1. The second kappa shape index (κ2) is 9.30. The number of hydrogen-bond donors (Lipinski definition) is 1. The van der Waals surface area contributed by atoms with Crippen LogP contribution in [-0.4, -0.2) is 62.9 Å². The van der Waals surface area contributed by atoms with Gasteiger partial charge >= 0.3 is 6.18 Å². The number of piperidine rings is 1. The molecule has 2 fully saturated rings. The molecule has 10 heteroatoms. The maximum atomic E-state index is 13.5. The zero-order chi connectivity index (χ0) is 25.4. The summed E-state index contributed by atoms with van der Waals surface area (Å²) in [5.41, 5.74) is -1.21. The van der Waals surface area contributed by atoms with Crippen molar-refractivity contribution in [2.45, 2.75) is 12.6 Å². The third-order valence-corrected chi connectivity index (χ3v) is 7.17. The Balaban J connectivity index is 1.57. The zero-order valence-corrected chi connectivity index (χ0v) is 19.4. The van der Waals surface area contributed by atoms with E-state index in [1.807, 2.05) is 0 Å². The Morgan fingerprint density at radius 2 is 1.97 bits per heavy atom. The SMILES string of the molecule is COc1ccc(C(=O)N2CC[C@@]3(CO)CN(c4ccc(C#N)c(C(F)(F)F)c4)C[C@H]3C2)c(OC)c1. The molecule has 0 radical (unpaired) electrons. The van der Waals surface area contributed by atoms with E-state index in [2.05, 4.69) is 0 Å². The maximum Gasteiger partial charge on any atom is 0.417 e. The molecule has 4 rings (SSSR count). The lowest BCUT2D eigenvalue weighted by Crippen LogP contribution is -2.50. The number of anilines is 1. The Kier molecular flexibility index (Phi) is 6.56. The number of fused-ring (bicyclic) bond motifs is 1. The van der Waals surface area contributed by atoms with Gasteiger partial charge in [-0.05, 0) is 36.8 Å². The van der Waals surface area contributed by atoms with Crippen LogP contribution in [0.25, 0.3) is 0 Å². The second-order valence-electron chi connectivity index (χ2n) is 9.00. The summed E-state index contributed by atoms with van der Waals surface area (Å²) in [6.07, 6.45) is -4.14. The van der Waals surface area contributed by atoms with Gasteiger partial charge in [0.25, 0.3) is 5.91 Å². The molecule has 2 heterocycles. The van der Waals surface area contributed by atoms with Crippen LogP contribution in [0.3, 0.4) is 0 Å². The number of aliphatic hydroxyl groups is 1. The third kappa shape index (κ3) is 4.48. The molecule has 2 aliphatic heterocycles. The van der Waals surface area contributed by atoms with Crippen LogP contribution in [0.5, 0.6) is 11.5 Å². The summed E-state index contributed by atoms with van der Waals surface area (Å²) in [4.78, 5) is 16.8. The van der Waals surface area contributed by atoms with Gasteiger partial charge in [-0.15, -0.1) is 0 Å². The van der Waals surface area contributed by atoms with E-state index in [0.717, 1.165) is 6.07 Å². The number of benzene rings is 2. The van der Waals surface area contributed by atoms with Gasteiger partial charge in [0.15, 0.2) is 0 Å². The number of aliphatic hydroxyl groups excluding tert-OH is 1. The number of carbonyl (C=O) groups excluding carboxylic acids is 1. The molecule has 0 bridgehead atoms. The summed E-state index contributed by atoms with van der Waals surface area (Å²) in [5.74, 6) is 0.591. The summed E-state index contributed by atoms with van der Waals surface area (Å²) in [5, 5.41) is 19.4. The van der Waals surface area contributed by atoms with E-state index in [9.17, 15) is 23.1 Å². The van der Waals surface area contributed by atoms with Crippen LogP contribution >= 0.6 is 0 Å². The van der Waals surface area contributed by atoms with Crippen LogP contribution in [-0.2, 0) is 6.18 Å². The normalized spacial score (nSPS) is 21.9. The summed E-state index contributed by atoms with van der Waals surface area (Å²) < 4.78 is 51.0. The van der Waals surface area contributed by atoms with E-state index in [-0.39, 0.29) is 18.4 Å². The van der Waals surface area contributed by atoms with Crippen LogP contribution in [0.2, 0.25) is 0 Å². The van der Waals surface area contributed by atoms with Gasteiger partial charge in [-0.2, -0.15) is 18.4 Å². The maximum absolute atomic E-state index is 13.5. The van der Waals surface area contributed by atoms with Gasteiger partial charge in [-0.3, -0.25) is 4.79 Å². The largest absolute Gasteiger partial charge is 0.497 e. The first kappa shape index (κ1) is 24.7. The molecule has 2 aliphatic rings. The molecular weight excluding hydrogens is 463 g/mol. The molecule has 7 nitrogen and oxygen atoms in total. The fraction of sp³-hybridized carbons (Fsp3) is 0.440. The van der Waals surface area contributed by atoms with Gasteiger partial charge in [0.05, 0.1) is 43.6 Å². The first-order valence-corrected chi connectivity index (χ1v) is 11.1. The number of ether oxygens (including phenoxy) is 2. The highest BCUT2D eigenvalue weighted by molar-refractivity contribution is 5.97. The minimum Gasteiger partial charge on any atom is -0.497 e. The number of nitrogens with zero attached hydrogens (tertiary/aromatic N) is 3. The molecule has 0 aromatic heterocycles. The monoisotopic (exact) mass is 489 g/mol. The number of amides is 1. The van der Waals surface area contributed by atoms with Crippen molar-refractivity contribution in [1.29, 1.82) is 5.26 Å². The number of halogens is 3. The van der Waals surface area contributed by atoms with Gasteiger partial charge in [0, 0.05) is 49.3 Å². The first-order chi connectivity index (χ1) is 16.7. The smallest absolute Gasteiger partial charge is 0.417 e. The molecule has 2 aromatic rings. The van der Waals surface area contributed by atoms with E-state index in [1.54, 1.807) is 34.1 Å². The molecule has 0 saturated carbocycles.